The van der Waals surface area contributed by atoms with Crippen LogP contribution in [-0.4, -0.2) is 68.0 Å². The lowest BCUT2D eigenvalue weighted by atomic mass is 10.00. The Hall–Kier alpha value is -3.97. The molecule has 4 bridgehead atoms. The van der Waals surface area contributed by atoms with Crippen LogP contribution in [0.2, 0.25) is 0 Å². The molecule has 2 aromatic heterocycles. The summed E-state index contributed by atoms with van der Waals surface area (Å²) in [5.74, 6) is 0.170. The fourth-order valence-corrected chi connectivity index (χ4v) is 6.59. The number of sulfonamides is 1. The van der Waals surface area contributed by atoms with Gasteiger partial charge in [-0.05, 0) is 49.9 Å². The normalized spacial score (nSPS) is 16.9. The van der Waals surface area contributed by atoms with E-state index in [0.29, 0.717) is 34.6 Å². The number of carbonyl (C=O) groups is 2. The van der Waals surface area contributed by atoms with E-state index in [0.717, 1.165) is 0 Å². The summed E-state index contributed by atoms with van der Waals surface area (Å²) in [5.41, 5.74) is 2.18. The maximum Gasteiger partial charge on any atom is 0.253 e. The van der Waals surface area contributed by atoms with Crippen molar-refractivity contribution in [3.63, 3.8) is 0 Å². The molecule has 41 heavy (non-hydrogen) atoms. The van der Waals surface area contributed by atoms with E-state index in [2.05, 4.69) is 20.8 Å². The quantitative estimate of drug-likeness (QED) is 0.445. The molecule has 0 spiro atoms. The second kappa shape index (κ2) is 12.3. The zero-order valence-corrected chi connectivity index (χ0v) is 24.8. The van der Waals surface area contributed by atoms with Crippen LogP contribution in [0.3, 0.4) is 0 Å². The minimum absolute atomic E-state index is 0.00135. The molecule has 0 radical (unpaired) electrons. The van der Waals surface area contributed by atoms with Crippen molar-refractivity contribution in [1.29, 1.82) is 0 Å². The largest absolute Gasteiger partial charge is 0.493 e. The molecule has 13 heteroatoms. The molecule has 220 valence electrons. The summed E-state index contributed by atoms with van der Waals surface area (Å²) in [7, 11) is -1.12. The molecule has 2 N–H and O–H groups in total. The fraction of sp³-hybridized carbons (Fsp3) is 0.429. The number of pyridine rings is 1. The molecule has 0 saturated carbocycles. The van der Waals surface area contributed by atoms with Crippen molar-refractivity contribution < 1.29 is 32.0 Å². The van der Waals surface area contributed by atoms with Crippen LogP contribution in [0.15, 0.2) is 40.0 Å². The van der Waals surface area contributed by atoms with Crippen LogP contribution in [0.5, 0.6) is 11.5 Å². The number of rotatable bonds is 6. The van der Waals surface area contributed by atoms with Gasteiger partial charge in [-0.2, -0.15) is 4.31 Å². The van der Waals surface area contributed by atoms with Gasteiger partial charge in [-0.3, -0.25) is 14.6 Å². The molecule has 1 aliphatic rings. The van der Waals surface area contributed by atoms with E-state index in [4.69, 9.17) is 14.0 Å². The highest BCUT2D eigenvalue weighted by atomic mass is 32.2. The number of nitrogens with one attached hydrogen (secondary N) is 2. The molecule has 3 aromatic rings. The summed E-state index contributed by atoms with van der Waals surface area (Å²) < 4.78 is 45.5. The average molecular weight is 586 g/mol. The minimum atomic E-state index is -4.10. The Balaban J connectivity index is 1.89. The zero-order valence-electron chi connectivity index (χ0n) is 24.0. The number of ether oxygens (including phenoxy) is 2. The number of aromatic nitrogens is 2. The fourth-order valence-electron chi connectivity index (χ4n) is 4.87. The molecule has 0 unspecified atom stereocenters. The number of benzene rings is 1. The summed E-state index contributed by atoms with van der Waals surface area (Å²) >= 11 is 0. The van der Waals surface area contributed by atoms with Crippen molar-refractivity contribution in [1.82, 2.24) is 25.1 Å². The van der Waals surface area contributed by atoms with Crippen molar-refractivity contribution in [2.45, 2.75) is 51.6 Å². The monoisotopic (exact) mass is 585 g/mol. The van der Waals surface area contributed by atoms with Crippen molar-refractivity contribution in [3.8, 4) is 22.6 Å². The SMILES string of the molecule is COc1cc2cc(c1OC)-c1cncc(c1)C(=O)N[C@H](CC(C)C)C(=O)NCCN(S(=O)(=O)c1c(C)noc1C)C2. The van der Waals surface area contributed by atoms with Gasteiger partial charge in [-0.25, -0.2) is 8.42 Å². The van der Waals surface area contributed by atoms with Crippen LogP contribution in [-0.2, 0) is 21.4 Å². The second-order valence-electron chi connectivity index (χ2n) is 10.3. The Morgan fingerprint density at radius 3 is 2.46 bits per heavy atom. The zero-order chi connectivity index (χ0) is 29.9. The van der Waals surface area contributed by atoms with E-state index in [1.165, 1.54) is 31.6 Å². The summed E-state index contributed by atoms with van der Waals surface area (Å²) in [6.45, 7) is 6.88. The van der Waals surface area contributed by atoms with Gasteiger partial charge >= 0.3 is 0 Å². The standard InChI is InChI=1S/C28H35N5O7S/c1-16(2)9-23-28(35)30-7-8-33(41(36,37)26-17(3)32-40-18(26)4)15-19-10-22(25(39-6)24(11-19)38-5)20-12-21(14-29-13-20)27(34)31-23/h10-14,16,23H,7-9,15H2,1-6H3,(H,30,35)(H,31,34)/t23-/m1/s1. The molecule has 3 heterocycles. The first kappa shape index (κ1) is 30.0. The van der Waals surface area contributed by atoms with Crippen LogP contribution in [0.25, 0.3) is 11.1 Å². The van der Waals surface area contributed by atoms with Crippen LogP contribution >= 0.6 is 0 Å². The highest BCUT2D eigenvalue weighted by Crippen LogP contribution is 2.40. The Bertz CT molecular complexity index is 1530. The van der Waals surface area contributed by atoms with E-state index in [9.17, 15) is 18.0 Å². The first-order valence-corrected chi connectivity index (χ1v) is 14.6. The van der Waals surface area contributed by atoms with Crippen LogP contribution in [0, 0.1) is 19.8 Å². The average Bonchev–Trinajstić information content (AvgIpc) is 3.28. The van der Waals surface area contributed by atoms with Gasteiger partial charge in [0.2, 0.25) is 15.9 Å². The number of nitrogens with zero attached hydrogens (tertiary/aromatic N) is 3. The molecule has 0 fully saturated rings. The van der Waals surface area contributed by atoms with Gasteiger partial charge in [0.05, 0.1) is 19.8 Å². The molecular weight excluding hydrogens is 550 g/mol. The maximum atomic E-state index is 13.9. The molecule has 4 rings (SSSR count). The van der Waals surface area contributed by atoms with Gasteiger partial charge in [0, 0.05) is 43.2 Å². The van der Waals surface area contributed by atoms with E-state index < -0.39 is 27.9 Å². The summed E-state index contributed by atoms with van der Waals surface area (Å²) in [6.07, 6.45) is 3.39. The van der Waals surface area contributed by atoms with Crippen molar-refractivity contribution in [3.05, 3.63) is 53.2 Å². The van der Waals surface area contributed by atoms with E-state index in [1.54, 1.807) is 31.3 Å². The predicted molar refractivity (Wildman–Crippen MR) is 150 cm³/mol. The molecule has 1 aromatic carbocycles. The van der Waals surface area contributed by atoms with E-state index >= 15 is 0 Å². The lowest BCUT2D eigenvalue weighted by Crippen LogP contribution is -2.49. The lowest BCUT2D eigenvalue weighted by molar-refractivity contribution is -0.123. The van der Waals surface area contributed by atoms with Crippen LogP contribution in [0.4, 0.5) is 0 Å². The van der Waals surface area contributed by atoms with Gasteiger partial charge in [0.25, 0.3) is 5.91 Å². The Labute approximate surface area is 239 Å². The Morgan fingerprint density at radius 1 is 1.10 bits per heavy atom. The number of carbonyl (C=O) groups excluding carboxylic acids is 2. The number of amides is 2. The number of hydrogen-bond acceptors (Lipinski definition) is 9. The summed E-state index contributed by atoms with van der Waals surface area (Å²) in [6, 6.07) is 4.28. The molecule has 12 nitrogen and oxygen atoms in total. The number of methoxy groups -OCH3 is 2. The van der Waals surface area contributed by atoms with Crippen LogP contribution < -0.4 is 20.1 Å². The summed E-state index contributed by atoms with van der Waals surface area (Å²) in [5, 5.41) is 9.44. The van der Waals surface area contributed by atoms with Crippen molar-refractivity contribution in [2.24, 2.45) is 5.92 Å². The molecule has 1 atom stereocenters. The molecule has 2 amide bonds. The Kier molecular flexibility index (Phi) is 8.98. The maximum absolute atomic E-state index is 13.9. The minimum Gasteiger partial charge on any atom is -0.493 e. The molecular formula is C28H35N5O7S. The van der Waals surface area contributed by atoms with Crippen LogP contribution in [0.1, 0.15) is 47.6 Å². The number of fused-ring (bicyclic) bond motifs is 5. The highest BCUT2D eigenvalue weighted by Gasteiger charge is 2.32. The first-order chi connectivity index (χ1) is 19.5. The smallest absolute Gasteiger partial charge is 0.253 e. The third kappa shape index (κ3) is 6.35. The molecule has 0 saturated heterocycles. The van der Waals surface area contributed by atoms with Gasteiger partial charge in [-0.15, -0.1) is 0 Å². The number of aryl methyl sites for hydroxylation is 2. The van der Waals surface area contributed by atoms with Gasteiger partial charge in [-0.1, -0.05) is 19.0 Å². The third-order valence-corrected chi connectivity index (χ3v) is 8.85. The predicted octanol–water partition coefficient (Wildman–Crippen LogP) is 2.84. The highest BCUT2D eigenvalue weighted by molar-refractivity contribution is 7.89. The first-order valence-electron chi connectivity index (χ1n) is 13.2. The van der Waals surface area contributed by atoms with E-state index in [-0.39, 0.29) is 47.5 Å². The number of hydrogen-bond donors (Lipinski definition) is 2. The van der Waals surface area contributed by atoms with Gasteiger partial charge in [0.1, 0.15) is 16.6 Å². The topological polar surface area (TPSA) is 153 Å². The van der Waals surface area contributed by atoms with Gasteiger partial charge < -0.3 is 24.6 Å². The van der Waals surface area contributed by atoms with Gasteiger partial charge in [0.15, 0.2) is 17.3 Å². The summed E-state index contributed by atoms with van der Waals surface area (Å²) in [4.78, 5) is 30.7. The van der Waals surface area contributed by atoms with E-state index in [1.807, 2.05) is 13.8 Å². The van der Waals surface area contributed by atoms with Crippen molar-refractivity contribution in [2.75, 3.05) is 27.3 Å². The third-order valence-electron chi connectivity index (χ3n) is 6.76. The Morgan fingerprint density at radius 2 is 1.83 bits per heavy atom. The lowest BCUT2D eigenvalue weighted by Gasteiger charge is -2.24. The molecule has 0 aliphatic carbocycles. The second-order valence-corrected chi connectivity index (χ2v) is 12.2. The van der Waals surface area contributed by atoms with Crippen molar-refractivity contribution >= 4 is 21.8 Å². The molecule has 1 aliphatic heterocycles.